The summed E-state index contributed by atoms with van der Waals surface area (Å²) >= 11 is 0. The third-order valence-electron chi connectivity index (χ3n) is 27.7. The van der Waals surface area contributed by atoms with E-state index < -0.39 is 26.4 Å². The van der Waals surface area contributed by atoms with Crippen molar-refractivity contribution in [2.45, 2.75) is 253 Å². The number of aromatic nitrogens is 10. The summed E-state index contributed by atoms with van der Waals surface area (Å²) in [5.41, 5.74) is 38.1. The van der Waals surface area contributed by atoms with E-state index in [1.54, 1.807) is 18.6 Å². The fourth-order valence-electron chi connectivity index (χ4n) is 19.9. The summed E-state index contributed by atoms with van der Waals surface area (Å²) in [6.45, 7) is 44.1. The number of rotatable bonds is 14. The van der Waals surface area contributed by atoms with Gasteiger partial charge in [0.15, 0.2) is 65.4 Å². The van der Waals surface area contributed by atoms with Gasteiger partial charge in [0, 0.05) is 160 Å². The van der Waals surface area contributed by atoms with Gasteiger partial charge in [-0.15, -0.1) is 0 Å². The number of hydrogen-bond donors (Lipinski definition) is 0. The number of nitrogens with zero attached hydrogens (tertiary/aromatic N) is 10. The van der Waals surface area contributed by atoms with Crippen LogP contribution >= 0.6 is 0 Å². The lowest BCUT2D eigenvalue weighted by Gasteiger charge is -2.12. The fourth-order valence-corrected chi connectivity index (χ4v) is 19.9. The van der Waals surface area contributed by atoms with Gasteiger partial charge >= 0.3 is 0 Å². The van der Waals surface area contributed by atoms with E-state index in [0.717, 1.165) is 213 Å². The van der Waals surface area contributed by atoms with Crippen LogP contribution in [0.3, 0.4) is 0 Å². The molecule has 5 aromatic carbocycles. The van der Waals surface area contributed by atoms with Gasteiger partial charge in [-0.1, -0.05) is 179 Å². The monoisotopic (exact) mass is 1830 g/mol. The summed E-state index contributed by atoms with van der Waals surface area (Å²) in [6.07, 6.45) is 11.5. The highest BCUT2D eigenvalue weighted by molar-refractivity contribution is 6.13. The van der Waals surface area contributed by atoms with E-state index in [1.807, 2.05) is 99.7 Å². The number of furan rings is 5. The zero-order valence-corrected chi connectivity index (χ0v) is 85.0. The average molecular weight is 1830 g/mol. The molecule has 1 atom stereocenters. The molecule has 1 aliphatic heterocycles. The van der Waals surface area contributed by atoms with Crippen molar-refractivity contribution in [3.05, 3.63) is 295 Å². The van der Waals surface area contributed by atoms with Crippen molar-refractivity contribution in [1.29, 1.82) is 0 Å². The van der Waals surface area contributed by atoms with Crippen LogP contribution in [0.25, 0.3) is 167 Å². The molecule has 700 valence electrons. The van der Waals surface area contributed by atoms with Gasteiger partial charge in [0.25, 0.3) is 0 Å². The molecular formula is C122H137N10O5+5. The quantitative estimate of drug-likeness (QED) is 0.0963. The minimum absolute atomic E-state index is 0.0873. The molecule has 0 saturated heterocycles. The van der Waals surface area contributed by atoms with E-state index in [1.165, 1.54) is 51.7 Å². The Hall–Kier alpha value is -13.4. The molecule has 0 N–H and O–H groups in total. The Bertz CT molecular complexity index is 8610. The maximum atomic E-state index is 8.53. The maximum Gasteiger partial charge on any atom is 0.227 e. The fraction of sp³-hybridized carbons (Fsp3) is 0.344. The predicted molar refractivity (Wildman–Crippen MR) is 563 cm³/mol. The summed E-state index contributed by atoms with van der Waals surface area (Å²) in [5, 5.41) is 10.5. The molecule has 21 rings (SSSR count). The first-order valence-electron chi connectivity index (χ1n) is 53.6. The summed E-state index contributed by atoms with van der Waals surface area (Å²) < 4.78 is 122. The first kappa shape index (κ1) is 83.0. The molecule has 15 heteroatoms. The van der Waals surface area contributed by atoms with Gasteiger partial charge in [-0.25, -0.2) is 43.2 Å². The highest BCUT2D eigenvalue weighted by Crippen LogP contribution is 2.46. The van der Waals surface area contributed by atoms with E-state index in [-0.39, 0.29) is 11.8 Å². The third kappa shape index (κ3) is 17.8. The van der Waals surface area contributed by atoms with Gasteiger partial charge in [0.2, 0.25) is 57.0 Å². The van der Waals surface area contributed by atoms with Crippen LogP contribution < -0.4 is 22.8 Å². The summed E-state index contributed by atoms with van der Waals surface area (Å²) in [4.78, 5) is 23.6. The molecular weight excluding hydrogens is 1690 g/mol. The standard InChI is InChI=1S/2C25H29N2O.C24H25N2O.2C24H27N2O/c1-14(2)20-12-22(27(7)13-17(20)6)23-16(5)8-9-18-19-10-11-21(15(3)4)26-25(19)28-24(18)23;1-14(2)20-13-27(7)22(12-17(20)6)23-16(5)8-9-18-19-10-11-21(15(3)4)26-25(19)28-24(18)23;1-13(2)19-10-21-22-16(12-26(21)11-15(19)5)6-7-17-18-8-9-20(14(3)4)25-24(18)27-23(17)22;2*1-7-17-9-11-19-18-10-8-15(4)22(23(18)27-24(19)25-17)21-12-20(14(2)3)16(5)13-26(21)6/h2*8-15H,1-7H3;6-11,13-14H,12H2,1-5H3;2*8-14H,7H2,1-6H3/q5*+1/i;1D3,14D;2*5D3;. The Morgan fingerprint density at radius 1 is 0.285 bits per heavy atom. The maximum absolute atomic E-state index is 8.53. The third-order valence-corrected chi connectivity index (χ3v) is 27.7. The Kier molecular flexibility index (Phi) is 23.0. The van der Waals surface area contributed by atoms with E-state index >= 15 is 0 Å². The van der Waals surface area contributed by atoms with Crippen molar-refractivity contribution in [1.82, 2.24) is 24.9 Å². The normalized spacial score (nSPS) is 13.9. The second kappa shape index (κ2) is 37.9. The molecule has 0 saturated carbocycles. The smallest absolute Gasteiger partial charge is 0.227 e. The SMILES string of the molecule is CCc1ccc2c(n1)oc1c(-c3cc(C(C)C)c(C)c[n+]3C)c(C)ccc12.Cc1c[n+](C)c(-c2c(C)ccc3c2oc2nc(C(C)C)ccc23)cc1C(C)C.[2H]C([2H])([2H])C([2H])(C)c1c[n+](C)c(-c2c(C)ccc3c2oc2nc(C(C)C)ccc23)cc1C.[2H]C([2H])([2H])c1c[n+](C)c(-c2c(C)ccc3c2oc2nc(CC)ccc23)cc1C(C)C.[2H]C([2H])([2H])c1c[n+]2c(cc1C(C)C)-c1c(ccc3c1oc1nc(C(C)C)ccc13)C2. The molecule has 0 amide bonds. The largest absolute Gasteiger partial charge is 0.437 e. The highest BCUT2D eigenvalue weighted by Gasteiger charge is 2.35. The lowest BCUT2D eigenvalue weighted by Crippen LogP contribution is -2.32. The van der Waals surface area contributed by atoms with Gasteiger partial charge in [-0.05, 0) is 239 Å². The van der Waals surface area contributed by atoms with Gasteiger partial charge in [0.05, 0.1) is 27.8 Å². The molecule has 15 nitrogen and oxygen atoms in total. The number of fused-ring (bicyclic) bond motifs is 19. The van der Waals surface area contributed by atoms with E-state index in [2.05, 4.69) is 280 Å². The van der Waals surface area contributed by atoms with Crippen molar-refractivity contribution in [2.24, 2.45) is 28.2 Å². The van der Waals surface area contributed by atoms with Crippen LogP contribution in [0, 0.1) is 62.2 Å². The highest BCUT2D eigenvalue weighted by atomic mass is 16.4. The number of aryl methyl sites for hydroxylation is 15. The molecule has 15 aromatic heterocycles. The Balaban J connectivity index is 0.000000126. The topological polar surface area (TPSA) is 150 Å². The van der Waals surface area contributed by atoms with Crippen LogP contribution in [0.15, 0.2) is 205 Å². The Morgan fingerprint density at radius 2 is 0.569 bits per heavy atom. The second-order valence-electron chi connectivity index (χ2n) is 40.0. The van der Waals surface area contributed by atoms with E-state index in [9.17, 15) is 0 Å². The Morgan fingerprint density at radius 3 is 0.898 bits per heavy atom. The molecule has 0 bridgehead atoms. The van der Waals surface area contributed by atoms with Crippen LogP contribution in [-0.4, -0.2) is 24.9 Å². The predicted octanol–water partition coefficient (Wildman–Crippen LogP) is 30.1. The van der Waals surface area contributed by atoms with Crippen LogP contribution in [0.2, 0.25) is 0 Å². The van der Waals surface area contributed by atoms with Crippen molar-refractivity contribution >= 4 is 110 Å². The molecule has 16 heterocycles. The van der Waals surface area contributed by atoms with Gasteiger partial charge in [-0.2, -0.15) is 4.57 Å². The van der Waals surface area contributed by atoms with Crippen LogP contribution in [0.5, 0.6) is 0 Å². The molecule has 20 aromatic rings. The minimum Gasteiger partial charge on any atom is -0.437 e. The lowest BCUT2D eigenvalue weighted by atomic mass is 9.94. The molecule has 0 radical (unpaired) electrons. The molecule has 0 fully saturated rings. The average Bonchev–Trinajstić information content (AvgIpc) is 1.56. The van der Waals surface area contributed by atoms with Gasteiger partial charge < -0.3 is 22.1 Å². The molecule has 137 heavy (non-hydrogen) atoms. The first-order chi connectivity index (χ1) is 69.3. The van der Waals surface area contributed by atoms with Crippen molar-refractivity contribution < 1.29 is 58.6 Å². The van der Waals surface area contributed by atoms with Crippen molar-refractivity contribution in [2.75, 3.05) is 0 Å². The molecule has 1 unspecified atom stereocenters. The second-order valence-corrected chi connectivity index (χ2v) is 40.0. The molecule has 0 spiro atoms. The number of hydrogen-bond acceptors (Lipinski definition) is 10. The molecule has 1 aliphatic rings. The minimum atomic E-state index is -2.43. The molecule has 0 aliphatic carbocycles. The zero-order chi connectivity index (χ0) is 106. The number of benzene rings is 5. The first-order valence-corrected chi connectivity index (χ1v) is 48.6. The zero-order valence-electron chi connectivity index (χ0n) is 95.0. The van der Waals surface area contributed by atoms with E-state index in [0.29, 0.717) is 70.0 Å². The van der Waals surface area contributed by atoms with Crippen molar-refractivity contribution in [3.63, 3.8) is 0 Å². The van der Waals surface area contributed by atoms with Crippen LogP contribution in [-0.2, 0) is 47.6 Å². The van der Waals surface area contributed by atoms with Crippen LogP contribution in [0.1, 0.15) is 298 Å². The Labute approximate surface area is 821 Å². The van der Waals surface area contributed by atoms with Crippen molar-refractivity contribution in [3.8, 4) is 56.3 Å². The van der Waals surface area contributed by atoms with E-state index in [4.69, 9.17) is 55.7 Å². The number of pyridine rings is 10. The lowest BCUT2D eigenvalue weighted by molar-refractivity contribution is -0.672. The van der Waals surface area contributed by atoms with Crippen LogP contribution in [0.4, 0.5) is 0 Å². The summed E-state index contributed by atoms with van der Waals surface area (Å²) in [6, 6.07) is 52.8. The van der Waals surface area contributed by atoms with Gasteiger partial charge in [-0.3, -0.25) is 0 Å². The summed E-state index contributed by atoms with van der Waals surface area (Å²) in [5.74, 6) is 0.465. The summed E-state index contributed by atoms with van der Waals surface area (Å²) in [7, 11) is 8.00. The van der Waals surface area contributed by atoms with Gasteiger partial charge in [0.1, 0.15) is 28.2 Å².